The predicted molar refractivity (Wildman–Crippen MR) is 117 cm³/mol. The molecule has 7 nitrogen and oxygen atoms in total. The molecule has 0 atom stereocenters. The highest BCUT2D eigenvalue weighted by Gasteiger charge is 2.09. The van der Waals surface area contributed by atoms with Gasteiger partial charge in [-0.05, 0) is 73.7 Å². The zero-order valence-electron chi connectivity index (χ0n) is 17.3. The molecule has 0 spiro atoms. The molecule has 0 unspecified atom stereocenters. The van der Waals surface area contributed by atoms with Crippen LogP contribution in [0.4, 0.5) is 5.69 Å². The van der Waals surface area contributed by atoms with Crippen LogP contribution in [0.1, 0.15) is 17.3 Å². The van der Waals surface area contributed by atoms with Gasteiger partial charge in [0.05, 0.1) is 13.7 Å². The lowest BCUT2D eigenvalue weighted by atomic mass is 10.2. The van der Waals surface area contributed by atoms with Gasteiger partial charge in [0.25, 0.3) is 5.91 Å². The summed E-state index contributed by atoms with van der Waals surface area (Å²) >= 11 is 0. The Morgan fingerprint density at radius 1 is 0.871 bits per heavy atom. The summed E-state index contributed by atoms with van der Waals surface area (Å²) in [6.45, 7) is 2.33. The van der Waals surface area contributed by atoms with E-state index in [2.05, 4.69) is 5.32 Å². The van der Waals surface area contributed by atoms with Gasteiger partial charge >= 0.3 is 0 Å². The van der Waals surface area contributed by atoms with E-state index in [-0.39, 0.29) is 12.5 Å². The number of aldehydes is 1. The van der Waals surface area contributed by atoms with E-state index in [1.807, 2.05) is 31.2 Å². The van der Waals surface area contributed by atoms with Gasteiger partial charge < -0.3 is 24.3 Å². The van der Waals surface area contributed by atoms with Gasteiger partial charge in [0.2, 0.25) is 0 Å². The summed E-state index contributed by atoms with van der Waals surface area (Å²) in [4.78, 5) is 23.0. The molecule has 0 bridgehead atoms. The number of benzene rings is 3. The first-order valence-electron chi connectivity index (χ1n) is 9.68. The Morgan fingerprint density at radius 3 is 2.13 bits per heavy atom. The van der Waals surface area contributed by atoms with Crippen molar-refractivity contribution in [3.05, 3.63) is 72.3 Å². The lowest BCUT2D eigenvalue weighted by Crippen LogP contribution is -2.20. The lowest BCUT2D eigenvalue weighted by molar-refractivity contribution is -0.118. The van der Waals surface area contributed by atoms with Gasteiger partial charge in [-0.3, -0.25) is 9.59 Å². The molecular weight excluding hydrogens is 398 g/mol. The number of rotatable bonds is 10. The zero-order chi connectivity index (χ0) is 22.1. The number of hydrogen-bond donors (Lipinski definition) is 1. The summed E-state index contributed by atoms with van der Waals surface area (Å²) in [5.74, 6) is 2.53. The summed E-state index contributed by atoms with van der Waals surface area (Å²) in [6, 6.07) is 19.1. The van der Waals surface area contributed by atoms with Crippen molar-refractivity contribution in [3.63, 3.8) is 0 Å². The Balaban J connectivity index is 1.52. The Kier molecular flexibility index (Phi) is 7.48. The van der Waals surface area contributed by atoms with E-state index < -0.39 is 0 Å². The van der Waals surface area contributed by atoms with Gasteiger partial charge in [-0.2, -0.15) is 0 Å². The normalized spacial score (nSPS) is 10.1. The molecule has 1 amide bonds. The third kappa shape index (κ3) is 6.24. The molecule has 3 aromatic carbocycles. The Bertz CT molecular complexity index is 1020. The predicted octanol–water partition coefficient (Wildman–Crippen LogP) is 4.72. The fraction of sp³-hybridized carbons (Fsp3) is 0.167. The molecule has 160 valence electrons. The quantitative estimate of drug-likeness (QED) is 0.477. The summed E-state index contributed by atoms with van der Waals surface area (Å²) in [5.41, 5.74) is 1.07. The number of nitrogens with one attached hydrogen (secondary N) is 1. The maximum absolute atomic E-state index is 12.2. The highest BCUT2D eigenvalue weighted by atomic mass is 16.5. The first kappa shape index (κ1) is 21.7. The molecule has 0 saturated carbocycles. The standard InChI is InChI=1S/C24H23NO6/c1-3-29-19-9-11-21(12-10-19)31-20-7-5-18(6-8-20)25-24(27)16-30-22-13-4-17(15-26)14-23(22)28-2/h4-15H,3,16H2,1-2H3,(H,25,27). The van der Waals surface area contributed by atoms with Crippen molar-refractivity contribution in [2.45, 2.75) is 6.92 Å². The molecule has 0 heterocycles. The first-order chi connectivity index (χ1) is 15.1. The third-order valence-electron chi connectivity index (χ3n) is 4.19. The molecule has 3 aromatic rings. The first-order valence-corrected chi connectivity index (χ1v) is 9.68. The van der Waals surface area contributed by atoms with Gasteiger partial charge in [0, 0.05) is 11.3 Å². The number of carbonyl (C=O) groups excluding carboxylic acids is 2. The van der Waals surface area contributed by atoms with Crippen molar-refractivity contribution in [1.29, 1.82) is 0 Å². The van der Waals surface area contributed by atoms with Gasteiger partial charge in [0.1, 0.15) is 23.5 Å². The third-order valence-corrected chi connectivity index (χ3v) is 4.19. The topological polar surface area (TPSA) is 83.1 Å². The van der Waals surface area contributed by atoms with Crippen molar-refractivity contribution in [2.75, 3.05) is 25.6 Å². The molecule has 0 fully saturated rings. The Morgan fingerprint density at radius 2 is 1.52 bits per heavy atom. The second kappa shape index (κ2) is 10.7. The van der Waals surface area contributed by atoms with Crippen molar-refractivity contribution < 1.29 is 28.5 Å². The number of anilines is 1. The van der Waals surface area contributed by atoms with Crippen LogP contribution in [0.25, 0.3) is 0 Å². The molecule has 7 heteroatoms. The molecule has 0 saturated heterocycles. The number of hydrogen-bond acceptors (Lipinski definition) is 6. The van der Waals surface area contributed by atoms with E-state index in [0.717, 1.165) is 5.75 Å². The van der Waals surface area contributed by atoms with Crippen LogP contribution in [0.15, 0.2) is 66.7 Å². The highest BCUT2D eigenvalue weighted by molar-refractivity contribution is 5.92. The Hall–Kier alpha value is -4.00. The van der Waals surface area contributed by atoms with E-state index in [0.29, 0.717) is 47.1 Å². The minimum Gasteiger partial charge on any atom is -0.494 e. The maximum atomic E-state index is 12.2. The van der Waals surface area contributed by atoms with Gasteiger partial charge in [-0.25, -0.2) is 0 Å². The Labute approximate surface area is 180 Å². The van der Waals surface area contributed by atoms with Crippen LogP contribution in [0, 0.1) is 0 Å². The van der Waals surface area contributed by atoms with Crippen LogP contribution < -0.4 is 24.3 Å². The van der Waals surface area contributed by atoms with Gasteiger partial charge in [-0.15, -0.1) is 0 Å². The van der Waals surface area contributed by atoms with Crippen molar-refractivity contribution in [3.8, 4) is 28.7 Å². The molecule has 3 rings (SSSR count). The van der Waals surface area contributed by atoms with Crippen LogP contribution in [0.3, 0.4) is 0 Å². The van der Waals surface area contributed by atoms with Crippen LogP contribution in [-0.4, -0.2) is 32.5 Å². The summed E-state index contributed by atoms with van der Waals surface area (Å²) in [7, 11) is 1.47. The maximum Gasteiger partial charge on any atom is 0.262 e. The molecule has 0 aromatic heterocycles. The number of carbonyl (C=O) groups is 2. The average molecular weight is 421 g/mol. The van der Waals surface area contributed by atoms with E-state index >= 15 is 0 Å². The minimum atomic E-state index is -0.332. The molecular formula is C24H23NO6. The lowest BCUT2D eigenvalue weighted by Gasteiger charge is -2.12. The molecule has 0 aliphatic carbocycles. The van der Waals surface area contributed by atoms with Gasteiger partial charge in [0.15, 0.2) is 18.1 Å². The van der Waals surface area contributed by atoms with Crippen LogP contribution in [-0.2, 0) is 4.79 Å². The summed E-state index contributed by atoms with van der Waals surface area (Å²) in [6.07, 6.45) is 0.711. The number of amides is 1. The van der Waals surface area contributed by atoms with Crippen LogP contribution in [0.2, 0.25) is 0 Å². The second-order valence-electron chi connectivity index (χ2n) is 6.40. The molecule has 0 aliphatic rings. The zero-order valence-corrected chi connectivity index (χ0v) is 17.3. The van der Waals surface area contributed by atoms with Crippen molar-refractivity contribution in [1.82, 2.24) is 0 Å². The van der Waals surface area contributed by atoms with Crippen molar-refractivity contribution in [2.24, 2.45) is 0 Å². The minimum absolute atomic E-state index is 0.207. The van der Waals surface area contributed by atoms with E-state index in [4.69, 9.17) is 18.9 Å². The summed E-state index contributed by atoms with van der Waals surface area (Å²) < 4.78 is 21.9. The SMILES string of the molecule is CCOc1ccc(Oc2ccc(NC(=O)COc3ccc(C=O)cc3OC)cc2)cc1. The fourth-order valence-corrected chi connectivity index (χ4v) is 2.73. The molecule has 0 radical (unpaired) electrons. The van der Waals surface area contributed by atoms with Crippen LogP contribution in [0.5, 0.6) is 28.7 Å². The smallest absolute Gasteiger partial charge is 0.262 e. The monoisotopic (exact) mass is 421 g/mol. The largest absolute Gasteiger partial charge is 0.494 e. The van der Waals surface area contributed by atoms with E-state index in [9.17, 15) is 9.59 Å². The number of methoxy groups -OCH3 is 1. The van der Waals surface area contributed by atoms with E-state index in [1.165, 1.54) is 7.11 Å². The molecule has 1 N–H and O–H groups in total. The highest BCUT2D eigenvalue weighted by Crippen LogP contribution is 2.28. The average Bonchev–Trinajstić information content (AvgIpc) is 2.80. The second-order valence-corrected chi connectivity index (χ2v) is 6.40. The molecule has 31 heavy (non-hydrogen) atoms. The van der Waals surface area contributed by atoms with Gasteiger partial charge in [-0.1, -0.05) is 0 Å². The van der Waals surface area contributed by atoms with E-state index in [1.54, 1.807) is 42.5 Å². The molecule has 0 aliphatic heterocycles. The van der Waals surface area contributed by atoms with Crippen molar-refractivity contribution >= 4 is 17.9 Å². The summed E-state index contributed by atoms with van der Waals surface area (Å²) in [5, 5.41) is 2.75. The van der Waals surface area contributed by atoms with Crippen LogP contribution >= 0.6 is 0 Å². The fourth-order valence-electron chi connectivity index (χ4n) is 2.73. The number of ether oxygens (including phenoxy) is 4.